The predicted molar refractivity (Wildman–Crippen MR) is 99.9 cm³/mol. The number of amides is 1. The summed E-state index contributed by atoms with van der Waals surface area (Å²) in [6, 6.07) is 14.7. The van der Waals surface area contributed by atoms with Crippen LogP contribution >= 0.6 is 11.6 Å². The lowest BCUT2D eigenvalue weighted by atomic mass is 10.1. The van der Waals surface area contributed by atoms with E-state index in [0.717, 1.165) is 16.6 Å². The number of aromatic nitrogens is 2. The number of imidazole rings is 1. The third kappa shape index (κ3) is 3.46. The Balaban J connectivity index is 1.82. The number of benzene rings is 2. The molecule has 25 heavy (non-hydrogen) atoms. The number of fused-ring (bicyclic) bond motifs is 1. The van der Waals surface area contributed by atoms with Crippen LogP contribution in [0.2, 0.25) is 5.02 Å². The first-order valence-electron chi connectivity index (χ1n) is 8.24. The molecule has 6 heteroatoms. The van der Waals surface area contributed by atoms with Gasteiger partial charge >= 0.3 is 5.69 Å². The lowest BCUT2D eigenvalue weighted by Crippen LogP contribution is -2.34. The highest BCUT2D eigenvalue weighted by atomic mass is 35.5. The molecule has 0 radical (unpaired) electrons. The highest BCUT2D eigenvalue weighted by Crippen LogP contribution is 2.16. The second kappa shape index (κ2) is 7.15. The van der Waals surface area contributed by atoms with Gasteiger partial charge in [-0.1, -0.05) is 35.9 Å². The second-order valence-corrected chi connectivity index (χ2v) is 6.38. The Kier molecular flexibility index (Phi) is 4.95. The molecule has 1 N–H and O–H groups in total. The Labute approximate surface area is 150 Å². The van der Waals surface area contributed by atoms with Crippen molar-refractivity contribution >= 4 is 28.5 Å². The molecule has 1 amide bonds. The number of rotatable bonds is 5. The van der Waals surface area contributed by atoms with Gasteiger partial charge in [0.2, 0.25) is 5.91 Å². The van der Waals surface area contributed by atoms with E-state index in [9.17, 15) is 9.59 Å². The van der Waals surface area contributed by atoms with Crippen molar-refractivity contribution in [1.82, 2.24) is 14.5 Å². The zero-order valence-corrected chi connectivity index (χ0v) is 15.0. The fourth-order valence-electron chi connectivity index (χ4n) is 3.00. The maximum Gasteiger partial charge on any atom is 0.329 e. The van der Waals surface area contributed by atoms with Crippen LogP contribution in [0.25, 0.3) is 11.0 Å². The summed E-state index contributed by atoms with van der Waals surface area (Å²) in [6.07, 6.45) is 0. The number of carbonyl (C=O) groups is 1. The summed E-state index contributed by atoms with van der Waals surface area (Å²) in [4.78, 5) is 25.0. The van der Waals surface area contributed by atoms with Crippen LogP contribution in [0.1, 0.15) is 25.5 Å². The third-order valence-corrected chi connectivity index (χ3v) is 4.54. The van der Waals surface area contributed by atoms with Crippen molar-refractivity contribution in [3.63, 3.8) is 0 Å². The molecule has 1 atom stereocenters. The maximum absolute atomic E-state index is 12.6. The van der Waals surface area contributed by atoms with Crippen molar-refractivity contribution in [2.45, 2.75) is 33.0 Å². The van der Waals surface area contributed by atoms with Gasteiger partial charge in [0.1, 0.15) is 6.54 Å². The summed E-state index contributed by atoms with van der Waals surface area (Å²) in [5.41, 5.74) is 2.40. The maximum atomic E-state index is 12.6. The Morgan fingerprint density at radius 3 is 2.28 bits per heavy atom. The summed E-state index contributed by atoms with van der Waals surface area (Å²) in [6.45, 7) is 4.37. The number of halogens is 1. The number of hydrogen-bond acceptors (Lipinski definition) is 2. The third-order valence-electron chi connectivity index (χ3n) is 4.29. The van der Waals surface area contributed by atoms with Gasteiger partial charge in [-0.25, -0.2) is 4.79 Å². The second-order valence-electron chi connectivity index (χ2n) is 5.94. The Bertz CT molecular complexity index is 957. The molecule has 0 fully saturated rings. The van der Waals surface area contributed by atoms with Gasteiger partial charge in [0, 0.05) is 11.6 Å². The molecule has 1 aromatic heterocycles. The summed E-state index contributed by atoms with van der Waals surface area (Å²) in [5.74, 6) is -0.205. The number of aryl methyl sites for hydroxylation is 1. The van der Waals surface area contributed by atoms with Crippen molar-refractivity contribution in [2.24, 2.45) is 0 Å². The topological polar surface area (TPSA) is 56.0 Å². The number of carbonyl (C=O) groups excluding carboxylic acids is 1. The molecule has 0 saturated carbocycles. The van der Waals surface area contributed by atoms with Gasteiger partial charge in [0.25, 0.3) is 0 Å². The number of nitrogens with zero attached hydrogens (tertiary/aromatic N) is 2. The average molecular weight is 358 g/mol. The van der Waals surface area contributed by atoms with Gasteiger partial charge in [0.15, 0.2) is 0 Å². The minimum atomic E-state index is -0.205. The van der Waals surface area contributed by atoms with Crippen LogP contribution in [0.5, 0.6) is 0 Å². The van der Waals surface area contributed by atoms with Gasteiger partial charge in [-0.15, -0.1) is 0 Å². The Morgan fingerprint density at radius 2 is 1.68 bits per heavy atom. The zero-order valence-electron chi connectivity index (χ0n) is 14.2. The summed E-state index contributed by atoms with van der Waals surface area (Å²) < 4.78 is 3.19. The van der Waals surface area contributed by atoms with Crippen LogP contribution in [0, 0.1) is 0 Å². The molecule has 0 aliphatic rings. The summed E-state index contributed by atoms with van der Waals surface area (Å²) >= 11 is 5.89. The molecular weight excluding hydrogens is 338 g/mol. The molecule has 0 unspecified atom stereocenters. The smallest absolute Gasteiger partial charge is 0.329 e. The van der Waals surface area contributed by atoms with Crippen LogP contribution < -0.4 is 11.0 Å². The lowest BCUT2D eigenvalue weighted by molar-refractivity contribution is -0.122. The number of para-hydroxylation sites is 2. The predicted octanol–water partition coefficient (Wildman–Crippen LogP) is 3.35. The van der Waals surface area contributed by atoms with E-state index in [-0.39, 0.29) is 24.2 Å². The standard InChI is InChI=1S/C19H20ClN3O2/c1-3-22-16-6-4-5-7-17(16)23(19(22)25)12-18(24)21-13(2)14-8-10-15(20)11-9-14/h4-11,13H,3,12H2,1-2H3,(H,21,24)/t13-/m1/s1. The summed E-state index contributed by atoms with van der Waals surface area (Å²) in [5, 5.41) is 3.59. The van der Waals surface area contributed by atoms with E-state index >= 15 is 0 Å². The molecule has 0 spiro atoms. The zero-order chi connectivity index (χ0) is 18.0. The van der Waals surface area contributed by atoms with Crippen LogP contribution in [0.4, 0.5) is 0 Å². The monoisotopic (exact) mass is 357 g/mol. The largest absolute Gasteiger partial charge is 0.348 e. The number of nitrogens with one attached hydrogen (secondary N) is 1. The van der Waals surface area contributed by atoms with Crippen molar-refractivity contribution in [3.8, 4) is 0 Å². The molecular formula is C19H20ClN3O2. The van der Waals surface area contributed by atoms with E-state index in [0.29, 0.717) is 11.6 Å². The van der Waals surface area contributed by atoms with E-state index in [1.807, 2.05) is 50.2 Å². The molecule has 0 aliphatic carbocycles. The average Bonchev–Trinajstić information content (AvgIpc) is 2.87. The van der Waals surface area contributed by atoms with Gasteiger partial charge in [-0.2, -0.15) is 0 Å². The quantitative estimate of drug-likeness (QED) is 0.761. The molecule has 0 aliphatic heterocycles. The van der Waals surface area contributed by atoms with Gasteiger partial charge in [-0.3, -0.25) is 13.9 Å². The SMILES string of the molecule is CCn1c(=O)n(CC(=O)N[C@H](C)c2ccc(Cl)cc2)c2ccccc21. The highest BCUT2D eigenvalue weighted by molar-refractivity contribution is 6.30. The van der Waals surface area contributed by atoms with Crippen LogP contribution in [-0.4, -0.2) is 15.0 Å². The minimum Gasteiger partial charge on any atom is -0.348 e. The highest BCUT2D eigenvalue weighted by Gasteiger charge is 2.16. The molecule has 3 rings (SSSR count). The fraction of sp³-hybridized carbons (Fsp3) is 0.263. The van der Waals surface area contributed by atoms with Gasteiger partial charge < -0.3 is 5.32 Å². The van der Waals surface area contributed by atoms with Crippen molar-refractivity contribution in [2.75, 3.05) is 0 Å². The first-order valence-corrected chi connectivity index (χ1v) is 8.62. The van der Waals surface area contributed by atoms with E-state index in [4.69, 9.17) is 11.6 Å². The van der Waals surface area contributed by atoms with Crippen LogP contribution in [0.15, 0.2) is 53.3 Å². The van der Waals surface area contributed by atoms with Gasteiger partial charge in [-0.05, 0) is 43.7 Å². The molecule has 2 aromatic carbocycles. The number of hydrogen-bond donors (Lipinski definition) is 1. The van der Waals surface area contributed by atoms with E-state index < -0.39 is 0 Å². The Hall–Kier alpha value is -2.53. The van der Waals surface area contributed by atoms with E-state index in [1.165, 1.54) is 4.57 Å². The lowest BCUT2D eigenvalue weighted by Gasteiger charge is -2.14. The van der Waals surface area contributed by atoms with Crippen molar-refractivity contribution in [3.05, 3.63) is 69.6 Å². The normalized spacial score (nSPS) is 12.3. The molecule has 0 saturated heterocycles. The Morgan fingerprint density at radius 1 is 1.08 bits per heavy atom. The fourth-order valence-corrected chi connectivity index (χ4v) is 3.12. The molecule has 5 nitrogen and oxygen atoms in total. The van der Waals surface area contributed by atoms with Gasteiger partial charge in [0.05, 0.1) is 17.1 Å². The molecule has 1 heterocycles. The van der Waals surface area contributed by atoms with Crippen LogP contribution in [0.3, 0.4) is 0 Å². The first kappa shape index (κ1) is 17.3. The molecule has 0 bridgehead atoms. The van der Waals surface area contributed by atoms with Crippen molar-refractivity contribution in [1.29, 1.82) is 0 Å². The molecule has 3 aromatic rings. The molecule has 130 valence electrons. The first-order chi connectivity index (χ1) is 12.0. The van der Waals surface area contributed by atoms with Crippen LogP contribution in [-0.2, 0) is 17.9 Å². The minimum absolute atomic E-state index is 0.00965. The van der Waals surface area contributed by atoms with Crippen molar-refractivity contribution < 1.29 is 4.79 Å². The van der Waals surface area contributed by atoms with E-state index in [2.05, 4.69) is 5.32 Å². The van der Waals surface area contributed by atoms with E-state index in [1.54, 1.807) is 16.7 Å². The summed E-state index contributed by atoms with van der Waals surface area (Å²) in [7, 11) is 0.